The third-order valence-corrected chi connectivity index (χ3v) is 4.97. The van der Waals surface area contributed by atoms with Gasteiger partial charge in [-0.05, 0) is 17.2 Å². The number of aromatic amines is 1. The van der Waals surface area contributed by atoms with Gasteiger partial charge in [-0.15, -0.1) is 0 Å². The second kappa shape index (κ2) is 9.86. The van der Waals surface area contributed by atoms with Crippen LogP contribution in [0.15, 0.2) is 60.8 Å². The fourth-order valence-electron chi connectivity index (χ4n) is 3.45. The lowest BCUT2D eigenvalue weighted by Crippen LogP contribution is -2.45. The largest absolute Gasteiger partial charge is 0.473 e. The number of carboxylic acids is 2. The predicted octanol–water partition coefficient (Wildman–Crippen LogP) is 2.64. The first kappa shape index (κ1) is 20.6. The number of rotatable bonds is 4. The van der Waals surface area contributed by atoms with Crippen LogP contribution in [-0.2, 0) is 22.7 Å². The van der Waals surface area contributed by atoms with Gasteiger partial charge in [-0.2, -0.15) is 0 Å². The van der Waals surface area contributed by atoms with E-state index in [2.05, 4.69) is 75.6 Å². The summed E-state index contributed by atoms with van der Waals surface area (Å²) in [4.78, 5) is 26.7. The highest BCUT2D eigenvalue weighted by Gasteiger charge is 2.18. The van der Waals surface area contributed by atoms with E-state index in [0.29, 0.717) is 0 Å². The Kier molecular flexibility index (Phi) is 6.99. The molecule has 7 heteroatoms. The van der Waals surface area contributed by atoms with Crippen LogP contribution in [0.3, 0.4) is 0 Å². The second-order valence-corrected chi connectivity index (χ2v) is 7.01. The maximum absolute atomic E-state index is 9.10. The van der Waals surface area contributed by atoms with Crippen LogP contribution in [0.25, 0.3) is 10.9 Å². The predicted molar refractivity (Wildman–Crippen MR) is 111 cm³/mol. The number of para-hydroxylation sites is 1. The molecule has 0 bridgehead atoms. The number of carboxylic acid groups (broad SMARTS) is 2. The molecular weight excluding hydrogens is 370 g/mol. The molecule has 3 aromatic rings. The first-order valence-corrected chi connectivity index (χ1v) is 9.53. The lowest BCUT2D eigenvalue weighted by molar-refractivity contribution is -0.159. The molecule has 0 radical (unpaired) electrons. The summed E-state index contributed by atoms with van der Waals surface area (Å²) in [5, 5.41) is 16.1. The average Bonchev–Trinajstić information content (AvgIpc) is 3.14. The summed E-state index contributed by atoms with van der Waals surface area (Å²) in [5.74, 6) is -3.65. The number of carbonyl (C=O) groups is 2. The van der Waals surface area contributed by atoms with E-state index in [1.165, 1.54) is 22.0 Å². The van der Waals surface area contributed by atoms with Crippen molar-refractivity contribution in [1.29, 1.82) is 0 Å². The van der Waals surface area contributed by atoms with Crippen molar-refractivity contribution in [2.24, 2.45) is 0 Å². The molecule has 2 heterocycles. The molecule has 1 fully saturated rings. The normalized spacial score (nSPS) is 14.9. The van der Waals surface area contributed by atoms with E-state index in [0.717, 1.165) is 39.3 Å². The van der Waals surface area contributed by atoms with Gasteiger partial charge in [0.1, 0.15) is 0 Å². The van der Waals surface area contributed by atoms with Crippen LogP contribution in [0.2, 0.25) is 0 Å². The molecule has 2 aromatic carbocycles. The highest BCUT2D eigenvalue weighted by atomic mass is 16.4. The lowest BCUT2D eigenvalue weighted by atomic mass is 10.1. The zero-order chi connectivity index (χ0) is 20.6. The highest BCUT2D eigenvalue weighted by Crippen LogP contribution is 2.20. The number of nitrogens with zero attached hydrogens (tertiary/aromatic N) is 2. The number of benzene rings is 2. The van der Waals surface area contributed by atoms with Gasteiger partial charge in [-0.3, -0.25) is 9.80 Å². The van der Waals surface area contributed by atoms with Crippen molar-refractivity contribution in [1.82, 2.24) is 14.8 Å². The summed E-state index contributed by atoms with van der Waals surface area (Å²) in [6.45, 7) is 6.71. The van der Waals surface area contributed by atoms with Gasteiger partial charge < -0.3 is 15.2 Å². The minimum atomic E-state index is -1.82. The number of fused-ring (bicyclic) bond motifs is 1. The van der Waals surface area contributed by atoms with Crippen molar-refractivity contribution in [3.05, 3.63) is 71.9 Å². The van der Waals surface area contributed by atoms with E-state index >= 15 is 0 Å². The van der Waals surface area contributed by atoms with E-state index in [1.807, 2.05) is 0 Å². The number of aromatic nitrogens is 1. The van der Waals surface area contributed by atoms with E-state index in [9.17, 15) is 0 Å². The standard InChI is InChI=1S/C20H23N3.C2H2O4/c1-2-6-17(7-3-1)15-22-10-12-23(13-11-22)16-18-14-21-20-9-5-4-8-19(18)20;3-1(4)2(5)6/h1-9,14,21H,10-13,15-16H2;(H,3,4)(H,5,6). The number of hydrogen-bond acceptors (Lipinski definition) is 4. The fourth-order valence-corrected chi connectivity index (χ4v) is 3.45. The van der Waals surface area contributed by atoms with Crippen molar-refractivity contribution in [2.45, 2.75) is 13.1 Å². The summed E-state index contributed by atoms with van der Waals surface area (Å²) in [7, 11) is 0. The van der Waals surface area contributed by atoms with Crippen LogP contribution in [0.4, 0.5) is 0 Å². The van der Waals surface area contributed by atoms with Gasteiger partial charge in [0.05, 0.1) is 0 Å². The molecule has 0 unspecified atom stereocenters. The number of aliphatic carboxylic acids is 2. The average molecular weight is 395 g/mol. The Bertz CT molecular complexity index is 935. The molecule has 1 aliphatic heterocycles. The third-order valence-electron chi connectivity index (χ3n) is 4.97. The number of nitrogens with one attached hydrogen (secondary N) is 1. The topological polar surface area (TPSA) is 96.9 Å². The van der Waals surface area contributed by atoms with E-state index < -0.39 is 11.9 Å². The van der Waals surface area contributed by atoms with Gasteiger partial charge in [-0.25, -0.2) is 9.59 Å². The molecule has 1 aromatic heterocycles. The summed E-state index contributed by atoms with van der Waals surface area (Å²) in [6, 6.07) is 19.4. The first-order chi connectivity index (χ1) is 14.0. The molecule has 29 heavy (non-hydrogen) atoms. The van der Waals surface area contributed by atoms with E-state index in [1.54, 1.807) is 0 Å². The van der Waals surface area contributed by atoms with Gasteiger partial charge in [0.2, 0.25) is 0 Å². The van der Waals surface area contributed by atoms with Crippen molar-refractivity contribution in [3.8, 4) is 0 Å². The number of piperazine rings is 1. The van der Waals surface area contributed by atoms with Crippen molar-refractivity contribution < 1.29 is 19.8 Å². The van der Waals surface area contributed by atoms with Gasteiger partial charge in [-0.1, -0.05) is 48.5 Å². The Morgan fingerprint density at radius 1 is 0.793 bits per heavy atom. The summed E-state index contributed by atoms with van der Waals surface area (Å²) in [5.41, 5.74) is 4.07. The Balaban J connectivity index is 0.000000353. The zero-order valence-electron chi connectivity index (χ0n) is 16.1. The molecule has 0 saturated carbocycles. The molecule has 0 aliphatic carbocycles. The number of hydrogen-bond donors (Lipinski definition) is 3. The monoisotopic (exact) mass is 395 g/mol. The van der Waals surface area contributed by atoms with E-state index in [4.69, 9.17) is 19.8 Å². The fraction of sp³-hybridized carbons (Fsp3) is 0.273. The smallest absolute Gasteiger partial charge is 0.414 e. The lowest BCUT2D eigenvalue weighted by Gasteiger charge is -2.34. The summed E-state index contributed by atoms with van der Waals surface area (Å²) < 4.78 is 0. The molecule has 0 amide bonds. The minimum absolute atomic E-state index is 1.04. The molecule has 3 N–H and O–H groups in total. The Hall–Kier alpha value is -3.16. The van der Waals surface area contributed by atoms with Crippen LogP contribution >= 0.6 is 0 Å². The van der Waals surface area contributed by atoms with Gasteiger partial charge in [0, 0.05) is 56.4 Å². The third kappa shape index (κ3) is 5.91. The molecule has 1 saturated heterocycles. The van der Waals surface area contributed by atoms with E-state index in [-0.39, 0.29) is 0 Å². The van der Waals surface area contributed by atoms with Gasteiger partial charge in [0.15, 0.2) is 0 Å². The maximum Gasteiger partial charge on any atom is 0.414 e. The molecule has 0 spiro atoms. The molecular formula is C22H25N3O4. The Morgan fingerprint density at radius 3 is 1.97 bits per heavy atom. The minimum Gasteiger partial charge on any atom is -0.473 e. The van der Waals surface area contributed by atoms with Crippen LogP contribution in [0.5, 0.6) is 0 Å². The van der Waals surface area contributed by atoms with Crippen LogP contribution in [0.1, 0.15) is 11.1 Å². The summed E-state index contributed by atoms with van der Waals surface area (Å²) >= 11 is 0. The molecule has 4 rings (SSSR count). The highest BCUT2D eigenvalue weighted by molar-refractivity contribution is 6.27. The second-order valence-electron chi connectivity index (χ2n) is 7.01. The summed E-state index contributed by atoms with van der Waals surface area (Å²) in [6.07, 6.45) is 2.17. The quantitative estimate of drug-likeness (QED) is 0.588. The Morgan fingerprint density at radius 2 is 1.34 bits per heavy atom. The maximum atomic E-state index is 9.10. The molecule has 1 aliphatic rings. The number of H-pyrrole nitrogens is 1. The van der Waals surface area contributed by atoms with Crippen LogP contribution < -0.4 is 0 Å². The zero-order valence-corrected chi connectivity index (χ0v) is 16.1. The van der Waals surface area contributed by atoms with Gasteiger partial charge in [0.25, 0.3) is 0 Å². The van der Waals surface area contributed by atoms with Crippen molar-refractivity contribution in [2.75, 3.05) is 26.2 Å². The van der Waals surface area contributed by atoms with Gasteiger partial charge >= 0.3 is 11.9 Å². The molecule has 152 valence electrons. The SMILES string of the molecule is O=C(O)C(=O)O.c1ccc(CN2CCN(Cc3c[nH]c4ccccc34)CC2)cc1. The van der Waals surface area contributed by atoms with Crippen molar-refractivity contribution in [3.63, 3.8) is 0 Å². The molecule has 0 atom stereocenters. The van der Waals surface area contributed by atoms with Crippen molar-refractivity contribution >= 4 is 22.8 Å². The van der Waals surface area contributed by atoms with Crippen LogP contribution in [0, 0.1) is 0 Å². The Labute approximate surface area is 169 Å². The molecule has 7 nitrogen and oxygen atoms in total. The van der Waals surface area contributed by atoms with Crippen LogP contribution in [-0.4, -0.2) is 63.1 Å². The first-order valence-electron chi connectivity index (χ1n) is 9.53.